The average Bonchev–Trinajstić information content (AvgIpc) is 2.77. The third kappa shape index (κ3) is 6.47. The Morgan fingerprint density at radius 3 is 2.45 bits per heavy atom. The van der Waals surface area contributed by atoms with Gasteiger partial charge >= 0.3 is 0 Å². The highest BCUT2D eigenvalue weighted by Gasteiger charge is 2.34. The van der Waals surface area contributed by atoms with Crippen molar-refractivity contribution < 1.29 is 28.8 Å². The molecule has 0 bridgehead atoms. The van der Waals surface area contributed by atoms with Gasteiger partial charge in [0.1, 0.15) is 6.10 Å². The van der Waals surface area contributed by atoms with E-state index < -0.39 is 25.0 Å². The van der Waals surface area contributed by atoms with Crippen LogP contribution in [0.1, 0.15) is 24.3 Å². The minimum Gasteiger partial charge on any atom is -0.364 e. The normalized spacial score (nSPS) is 24.0. The summed E-state index contributed by atoms with van der Waals surface area (Å²) in [5.41, 5.74) is 1.89. The lowest BCUT2D eigenvalue weighted by Crippen LogP contribution is -2.46. The summed E-state index contributed by atoms with van der Waals surface area (Å²) in [6.07, 6.45) is -1.80. The van der Waals surface area contributed by atoms with Crippen molar-refractivity contribution in [1.82, 2.24) is 0 Å². The van der Waals surface area contributed by atoms with Crippen LogP contribution < -0.4 is 0 Å². The van der Waals surface area contributed by atoms with Gasteiger partial charge in [-0.2, -0.15) is 0 Å². The second-order valence-corrected chi connectivity index (χ2v) is 6.77. The third-order valence-electron chi connectivity index (χ3n) is 4.53. The molecule has 6 heteroatoms. The number of hydrogen-bond donors (Lipinski definition) is 1. The highest BCUT2D eigenvalue weighted by atomic mass is 16.8. The maximum atomic E-state index is 10.5. The number of benzene rings is 2. The van der Waals surface area contributed by atoms with Crippen molar-refractivity contribution in [2.24, 2.45) is 0 Å². The molecule has 0 aliphatic carbocycles. The quantitative estimate of drug-likeness (QED) is 0.486. The van der Waals surface area contributed by atoms with Crippen molar-refractivity contribution >= 4 is 0 Å². The lowest BCUT2D eigenvalue weighted by Gasteiger charge is -2.37. The molecule has 2 aromatic carbocycles. The van der Waals surface area contributed by atoms with Crippen molar-refractivity contribution in [1.29, 1.82) is 0 Å². The van der Waals surface area contributed by atoms with Crippen molar-refractivity contribution in [3.05, 3.63) is 84.4 Å². The number of hydrogen-bond acceptors (Lipinski definition) is 6. The second-order valence-electron chi connectivity index (χ2n) is 6.77. The Balaban J connectivity index is 1.55. The van der Waals surface area contributed by atoms with Crippen LogP contribution in [0, 0.1) is 0 Å². The van der Waals surface area contributed by atoms with Crippen molar-refractivity contribution in [2.75, 3.05) is 13.2 Å². The van der Waals surface area contributed by atoms with E-state index in [4.69, 9.17) is 23.7 Å². The fraction of sp³-hybridized carbons (Fsp3) is 0.391. The molecule has 2 aromatic rings. The molecule has 1 heterocycles. The van der Waals surface area contributed by atoms with Crippen LogP contribution in [0.15, 0.2) is 73.3 Å². The molecule has 0 saturated carbocycles. The Hall–Kier alpha value is -2.06. The Kier molecular flexibility index (Phi) is 8.37. The second kappa shape index (κ2) is 11.2. The molecule has 3 rings (SSSR count). The van der Waals surface area contributed by atoms with Crippen molar-refractivity contribution in [3.8, 4) is 0 Å². The molecule has 29 heavy (non-hydrogen) atoms. The summed E-state index contributed by atoms with van der Waals surface area (Å²) in [6, 6.07) is 19.3. The first-order chi connectivity index (χ1) is 14.2. The van der Waals surface area contributed by atoms with E-state index in [1.807, 2.05) is 67.6 Å². The number of rotatable bonds is 10. The predicted molar refractivity (Wildman–Crippen MR) is 108 cm³/mol. The minimum atomic E-state index is -1.27. The third-order valence-corrected chi connectivity index (χ3v) is 4.53. The van der Waals surface area contributed by atoms with Gasteiger partial charge in [0.2, 0.25) is 12.6 Å². The Labute approximate surface area is 171 Å². The summed E-state index contributed by atoms with van der Waals surface area (Å²) < 4.78 is 28.8. The van der Waals surface area contributed by atoms with E-state index in [2.05, 4.69) is 6.58 Å². The van der Waals surface area contributed by atoms with Crippen LogP contribution in [0.5, 0.6) is 0 Å². The molecular formula is C23H28O6. The van der Waals surface area contributed by atoms with Gasteiger partial charge in [0.25, 0.3) is 0 Å². The average molecular weight is 400 g/mol. The van der Waals surface area contributed by atoms with E-state index in [9.17, 15) is 5.11 Å². The molecule has 156 valence electrons. The fourth-order valence-electron chi connectivity index (χ4n) is 2.93. The van der Waals surface area contributed by atoms with Gasteiger partial charge in [0.05, 0.1) is 25.9 Å². The molecule has 5 atom stereocenters. The topological polar surface area (TPSA) is 66.4 Å². The predicted octanol–water partition coefficient (Wildman–Crippen LogP) is 3.57. The van der Waals surface area contributed by atoms with Gasteiger partial charge in [0.15, 0.2) is 6.29 Å². The van der Waals surface area contributed by atoms with Crippen LogP contribution >= 0.6 is 0 Å². The summed E-state index contributed by atoms with van der Waals surface area (Å²) >= 11 is 0. The molecular weight excluding hydrogens is 372 g/mol. The van der Waals surface area contributed by atoms with Gasteiger partial charge in [0, 0.05) is 5.56 Å². The molecule has 6 nitrogen and oxygen atoms in total. The molecule has 1 saturated heterocycles. The van der Waals surface area contributed by atoms with E-state index in [0.29, 0.717) is 6.61 Å². The van der Waals surface area contributed by atoms with Gasteiger partial charge < -0.3 is 28.8 Å². The van der Waals surface area contributed by atoms with Crippen LogP contribution in [0.2, 0.25) is 0 Å². The lowest BCUT2D eigenvalue weighted by atomic mass is 10.1. The molecule has 1 N–H and O–H groups in total. The standard InChI is InChI=1S/C23H28O6/c1-3-14-25-23(21(24)26-15-18-10-6-4-7-11-18)29-20-16-27-22(28-17(20)2)19-12-8-5-9-13-19/h3-13,17,20-24H,1,14-16H2,2H3. The van der Waals surface area contributed by atoms with Gasteiger partial charge in [-0.05, 0) is 12.5 Å². The summed E-state index contributed by atoms with van der Waals surface area (Å²) in [4.78, 5) is 0. The maximum Gasteiger partial charge on any atom is 0.209 e. The zero-order valence-electron chi connectivity index (χ0n) is 16.6. The van der Waals surface area contributed by atoms with E-state index in [0.717, 1.165) is 11.1 Å². The van der Waals surface area contributed by atoms with E-state index >= 15 is 0 Å². The SMILES string of the molecule is C=CCOC(OC1COC(c2ccccc2)OC1C)C(O)OCc1ccccc1. The molecule has 1 fully saturated rings. The Morgan fingerprint density at radius 2 is 1.79 bits per heavy atom. The number of aliphatic hydroxyl groups excluding tert-OH is 1. The van der Waals surface area contributed by atoms with Crippen LogP contribution in [0.4, 0.5) is 0 Å². The van der Waals surface area contributed by atoms with Crippen molar-refractivity contribution in [2.45, 2.75) is 44.6 Å². The summed E-state index contributed by atoms with van der Waals surface area (Å²) in [5.74, 6) is 0. The van der Waals surface area contributed by atoms with Gasteiger partial charge in [-0.1, -0.05) is 66.7 Å². The van der Waals surface area contributed by atoms with Crippen LogP contribution in [0.25, 0.3) is 0 Å². The molecule has 0 amide bonds. The molecule has 1 aliphatic heterocycles. The van der Waals surface area contributed by atoms with Gasteiger partial charge in [-0.15, -0.1) is 6.58 Å². The van der Waals surface area contributed by atoms with Gasteiger partial charge in [-0.25, -0.2) is 0 Å². The molecule has 0 aromatic heterocycles. The zero-order chi connectivity index (χ0) is 20.5. The molecule has 0 radical (unpaired) electrons. The van der Waals surface area contributed by atoms with E-state index in [1.165, 1.54) is 0 Å². The first-order valence-electron chi connectivity index (χ1n) is 9.71. The summed E-state index contributed by atoms with van der Waals surface area (Å²) in [7, 11) is 0. The molecule has 1 aliphatic rings. The van der Waals surface area contributed by atoms with Crippen LogP contribution in [-0.4, -0.2) is 43.1 Å². The van der Waals surface area contributed by atoms with E-state index in [-0.39, 0.29) is 19.3 Å². The molecule has 0 spiro atoms. The first kappa shape index (κ1) is 21.6. The Bertz CT molecular complexity index is 723. The highest BCUT2D eigenvalue weighted by Crippen LogP contribution is 2.28. The van der Waals surface area contributed by atoms with Crippen molar-refractivity contribution in [3.63, 3.8) is 0 Å². The highest BCUT2D eigenvalue weighted by molar-refractivity contribution is 5.16. The van der Waals surface area contributed by atoms with Crippen LogP contribution in [-0.2, 0) is 30.3 Å². The lowest BCUT2D eigenvalue weighted by molar-refractivity contribution is -0.328. The Morgan fingerprint density at radius 1 is 1.10 bits per heavy atom. The maximum absolute atomic E-state index is 10.5. The van der Waals surface area contributed by atoms with Gasteiger partial charge in [-0.3, -0.25) is 0 Å². The zero-order valence-corrected chi connectivity index (χ0v) is 16.6. The number of aliphatic hydroxyl groups is 1. The smallest absolute Gasteiger partial charge is 0.209 e. The summed E-state index contributed by atoms with van der Waals surface area (Å²) in [5, 5.41) is 10.5. The largest absolute Gasteiger partial charge is 0.364 e. The molecule has 5 unspecified atom stereocenters. The monoisotopic (exact) mass is 400 g/mol. The number of ether oxygens (including phenoxy) is 5. The van der Waals surface area contributed by atoms with Crippen LogP contribution in [0.3, 0.4) is 0 Å². The first-order valence-corrected chi connectivity index (χ1v) is 9.71. The van der Waals surface area contributed by atoms with E-state index in [1.54, 1.807) is 6.08 Å². The minimum absolute atomic E-state index is 0.214. The fourth-order valence-corrected chi connectivity index (χ4v) is 2.93. The summed E-state index contributed by atoms with van der Waals surface area (Å²) in [6.45, 7) is 6.30.